The first-order chi connectivity index (χ1) is 9.65. The minimum atomic E-state index is 0.646. The van der Waals surface area contributed by atoms with Crippen LogP contribution in [0.5, 0.6) is 0 Å². The molecule has 4 aliphatic rings. The molecule has 0 aromatic carbocycles. The quantitative estimate of drug-likeness (QED) is 0.766. The van der Waals surface area contributed by atoms with Crippen LogP contribution in [0.3, 0.4) is 0 Å². The van der Waals surface area contributed by atoms with Gasteiger partial charge in [0.2, 0.25) is 0 Å². The Hall–Kier alpha value is -0.0800. The van der Waals surface area contributed by atoms with Crippen LogP contribution >= 0.6 is 0 Å². The number of rotatable bonds is 7. The first kappa shape index (κ1) is 14.8. The van der Waals surface area contributed by atoms with Crippen LogP contribution in [0.15, 0.2) is 0 Å². The molecule has 116 valence electrons. The van der Waals surface area contributed by atoms with Crippen molar-refractivity contribution in [3.8, 4) is 0 Å². The van der Waals surface area contributed by atoms with Crippen molar-refractivity contribution in [2.45, 2.75) is 64.8 Å². The zero-order chi connectivity index (χ0) is 14.2. The van der Waals surface area contributed by atoms with Gasteiger partial charge in [0.25, 0.3) is 0 Å². The van der Waals surface area contributed by atoms with Crippen LogP contribution in [0.4, 0.5) is 0 Å². The SMILES string of the molecule is CCCN(C)CC(NCC)C12CC3CC(CC(C3)C1)C2. The van der Waals surface area contributed by atoms with E-state index >= 15 is 0 Å². The van der Waals surface area contributed by atoms with Gasteiger partial charge in [0.05, 0.1) is 0 Å². The predicted octanol–water partition coefficient (Wildman–Crippen LogP) is 3.52. The van der Waals surface area contributed by atoms with Gasteiger partial charge in [0.1, 0.15) is 0 Å². The summed E-state index contributed by atoms with van der Waals surface area (Å²) in [7, 11) is 2.31. The van der Waals surface area contributed by atoms with E-state index in [-0.39, 0.29) is 0 Å². The fourth-order valence-electron chi connectivity index (χ4n) is 6.11. The molecule has 0 aliphatic heterocycles. The highest BCUT2D eigenvalue weighted by Gasteiger charge is 2.53. The average molecular weight is 278 g/mol. The monoisotopic (exact) mass is 278 g/mol. The summed E-state index contributed by atoms with van der Waals surface area (Å²) in [4.78, 5) is 2.56. The summed E-state index contributed by atoms with van der Waals surface area (Å²) in [5.74, 6) is 3.21. The Morgan fingerprint density at radius 3 is 2.05 bits per heavy atom. The van der Waals surface area contributed by atoms with E-state index in [1.54, 1.807) is 19.3 Å². The van der Waals surface area contributed by atoms with Gasteiger partial charge in [-0.15, -0.1) is 0 Å². The van der Waals surface area contributed by atoms with E-state index in [4.69, 9.17) is 0 Å². The lowest BCUT2D eigenvalue weighted by Crippen LogP contribution is -2.59. The fraction of sp³-hybridized carbons (Fsp3) is 1.00. The Morgan fingerprint density at radius 1 is 1.05 bits per heavy atom. The maximum absolute atomic E-state index is 3.89. The van der Waals surface area contributed by atoms with Crippen molar-refractivity contribution >= 4 is 0 Å². The van der Waals surface area contributed by atoms with Crippen molar-refractivity contribution in [1.82, 2.24) is 10.2 Å². The van der Waals surface area contributed by atoms with Crippen LogP contribution in [0.25, 0.3) is 0 Å². The third kappa shape index (κ3) is 2.78. The first-order valence-corrected chi connectivity index (χ1v) is 9.07. The lowest BCUT2D eigenvalue weighted by molar-refractivity contribution is -0.0776. The number of likely N-dealkylation sites (N-methyl/N-ethyl adjacent to an activating group) is 2. The number of nitrogens with one attached hydrogen (secondary N) is 1. The van der Waals surface area contributed by atoms with E-state index in [0.29, 0.717) is 5.41 Å². The minimum absolute atomic E-state index is 0.646. The molecule has 0 spiro atoms. The molecule has 1 atom stereocenters. The van der Waals surface area contributed by atoms with Gasteiger partial charge in [0, 0.05) is 12.6 Å². The molecule has 1 unspecified atom stereocenters. The number of hydrogen-bond donors (Lipinski definition) is 1. The molecule has 4 aliphatic carbocycles. The summed E-state index contributed by atoms with van der Waals surface area (Å²) in [6, 6.07) is 0.734. The summed E-state index contributed by atoms with van der Waals surface area (Å²) in [5, 5.41) is 3.89. The third-order valence-corrected chi connectivity index (χ3v) is 6.37. The molecule has 4 saturated carbocycles. The van der Waals surface area contributed by atoms with E-state index in [1.807, 2.05) is 0 Å². The second-order valence-corrected chi connectivity index (χ2v) is 8.15. The van der Waals surface area contributed by atoms with E-state index in [2.05, 4.69) is 31.1 Å². The Kier molecular flexibility index (Phi) is 4.42. The second-order valence-electron chi connectivity index (χ2n) is 8.15. The van der Waals surface area contributed by atoms with Crippen LogP contribution in [0.2, 0.25) is 0 Å². The summed E-state index contributed by atoms with van der Waals surface area (Å²) in [5.41, 5.74) is 0.646. The standard InChI is InChI=1S/C18H34N2/c1-4-6-20(3)13-17(19-5-2)18-10-14-7-15(11-18)9-16(8-14)12-18/h14-17,19H,4-13H2,1-3H3. The van der Waals surface area contributed by atoms with E-state index in [0.717, 1.165) is 30.3 Å². The minimum Gasteiger partial charge on any atom is -0.312 e. The molecule has 0 radical (unpaired) electrons. The topological polar surface area (TPSA) is 15.3 Å². The molecule has 20 heavy (non-hydrogen) atoms. The van der Waals surface area contributed by atoms with Crippen molar-refractivity contribution in [3.05, 3.63) is 0 Å². The predicted molar refractivity (Wildman–Crippen MR) is 85.9 cm³/mol. The molecule has 4 bridgehead atoms. The van der Waals surface area contributed by atoms with Gasteiger partial charge in [-0.05, 0) is 88.3 Å². The molecular weight excluding hydrogens is 244 g/mol. The lowest BCUT2D eigenvalue weighted by Gasteiger charge is -2.60. The average Bonchev–Trinajstić information content (AvgIpc) is 2.37. The fourth-order valence-corrected chi connectivity index (χ4v) is 6.11. The Morgan fingerprint density at radius 2 is 1.60 bits per heavy atom. The van der Waals surface area contributed by atoms with Gasteiger partial charge in [-0.1, -0.05) is 13.8 Å². The van der Waals surface area contributed by atoms with Crippen LogP contribution in [0, 0.1) is 23.2 Å². The number of hydrogen-bond acceptors (Lipinski definition) is 2. The van der Waals surface area contributed by atoms with E-state index < -0.39 is 0 Å². The Labute approximate surface area is 125 Å². The molecule has 2 nitrogen and oxygen atoms in total. The van der Waals surface area contributed by atoms with Gasteiger partial charge < -0.3 is 10.2 Å². The maximum atomic E-state index is 3.89. The van der Waals surface area contributed by atoms with Crippen LogP contribution in [0.1, 0.15) is 58.8 Å². The van der Waals surface area contributed by atoms with Gasteiger partial charge >= 0.3 is 0 Å². The highest BCUT2D eigenvalue weighted by molar-refractivity contribution is 5.06. The molecule has 0 saturated heterocycles. The highest BCUT2D eigenvalue weighted by Crippen LogP contribution is 2.61. The van der Waals surface area contributed by atoms with Gasteiger partial charge in [-0.2, -0.15) is 0 Å². The van der Waals surface area contributed by atoms with Crippen molar-refractivity contribution < 1.29 is 0 Å². The molecule has 4 fully saturated rings. The Bertz CT molecular complexity index is 290. The van der Waals surface area contributed by atoms with Crippen molar-refractivity contribution in [2.75, 3.05) is 26.7 Å². The zero-order valence-corrected chi connectivity index (χ0v) is 13.8. The maximum Gasteiger partial charge on any atom is 0.0251 e. The molecule has 0 aromatic heterocycles. The molecule has 2 heteroatoms. The van der Waals surface area contributed by atoms with Gasteiger partial charge in [-0.3, -0.25) is 0 Å². The van der Waals surface area contributed by atoms with Crippen LogP contribution < -0.4 is 5.32 Å². The first-order valence-electron chi connectivity index (χ1n) is 9.07. The molecule has 1 N–H and O–H groups in total. The smallest absolute Gasteiger partial charge is 0.0251 e. The van der Waals surface area contributed by atoms with Crippen LogP contribution in [-0.4, -0.2) is 37.6 Å². The van der Waals surface area contributed by atoms with Crippen LogP contribution in [-0.2, 0) is 0 Å². The molecule has 4 rings (SSSR count). The van der Waals surface area contributed by atoms with Crippen molar-refractivity contribution in [2.24, 2.45) is 23.2 Å². The normalized spacial score (nSPS) is 40.5. The molecule has 0 aromatic rings. The van der Waals surface area contributed by atoms with Crippen molar-refractivity contribution in [1.29, 1.82) is 0 Å². The van der Waals surface area contributed by atoms with Gasteiger partial charge in [0.15, 0.2) is 0 Å². The summed E-state index contributed by atoms with van der Waals surface area (Å²) < 4.78 is 0. The highest BCUT2D eigenvalue weighted by atomic mass is 15.1. The largest absolute Gasteiger partial charge is 0.312 e. The molecule has 0 heterocycles. The van der Waals surface area contributed by atoms with Gasteiger partial charge in [-0.25, -0.2) is 0 Å². The summed E-state index contributed by atoms with van der Waals surface area (Å²) in [6.45, 7) is 8.21. The zero-order valence-electron chi connectivity index (χ0n) is 13.8. The second kappa shape index (κ2) is 5.96. The third-order valence-electron chi connectivity index (χ3n) is 6.37. The summed E-state index contributed by atoms with van der Waals surface area (Å²) >= 11 is 0. The lowest BCUT2D eigenvalue weighted by atomic mass is 9.47. The Balaban J connectivity index is 1.72. The van der Waals surface area contributed by atoms with Crippen molar-refractivity contribution in [3.63, 3.8) is 0 Å². The van der Waals surface area contributed by atoms with E-state index in [1.165, 1.54) is 38.8 Å². The van der Waals surface area contributed by atoms with E-state index in [9.17, 15) is 0 Å². The molecule has 0 amide bonds. The molecular formula is C18H34N2. The summed E-state index contributed by atoms with van der Waals surface area (Å²) in [6.07, 6.45) is 10.5. The number of nitrogens with zero attached hydrogens (tertiary/aromatic N) is 1.